The molecule has 0 aliphatic carbocycles. The maximum absolute atomic E-state index is 13.0. The molecule has 1 aromatic carbocycles. The Morgan fingerprint density at radius 2 is 1.82 bits per heavy atom. The molecule has 0 saturated heterocycles. The Hall–Kier alpha value is -3.46. The van der Waals surface area contributed by atoms with Crippen LogP contribution in [0.2, 0.25) is 0 Å². The van der Waals surface area contributed by atoms with Crippen molar-refractivity contribution in [3.8, 4) is 0 Å². The summed E-state index contributed by atoms with van der Waals surface area (Å²) in [5, 5.41) is 3.35. The molecule has 0 radical (unpaired) electrons. The lowest BCUT2D eigenvalue weighted by Gasteiger charge is -2.18. The van der Waals surface area contributed by atoms with E-state index in [1.807, 2.05) is 13.8 Å². The predicted octanol–water partition coefficient (Wildman–Crippen LogP) is 4.46. The maximum atomic E-state index is 13.0. The van der Waals surface area contributed by atoms with Crippen LogP contribution >= 0.6 is 11.3 Å². The van der Waals surface area contributed by atoms with Gasteiger partial charge in [-0.05, 0) is 52.3 Å². The number of carbonyl (C=O) groups excluding carboxylic acids is 3. The van der Waals surface area contributed by atoms with Crippen molar-refractivity contribution in [3.05, 3.63) is 62.3 Å². The zero-order chi connectivity index (χ0) is 24.3. The minimum Gasteiger partial charge on any atom is -0.459 e. The van der Waals surface area contributed by atoms with Gasteiger partial charge in [-0.1, -0.05) is 18.2 Å². The van der Waals surface area contributed by atoms with E-state index in [1.54, 1.807) is 49.9 Å². The number of anilines is 1. The van der Waals surface area contributed by atoms with E-state index in [-0.39, 0.29) is 22.0 Å². The molecule has 174 valence electrons. The Bertz CT molecular complexity index is 1270. The SMILES string of the molecule is CCN(CC)C(=O)c1sc(NC(=O)c2cc3ccccc3oc2=O)c(C(=O)OC(C)C)c1C. The number of benzene rings is 1. The summed E-state index contributed by atoms with van der Waals surface area (Å²) in [6.07, 6.45) is -0.394. The molecule has 1 N–H and O–H groups in total. The molecule has 3 rings (SSSR count). The second kappa shape index (κ2) is 9.99. The van der Waals surface area contributed by atoms with Gasteiger partial charge < -0.3 is 19.4 Å². The van der Waals surface area contributed by atoms with Gasteiger partial charge in [0.1, 0.15) is 16.1 Å². The fourth-order valence-electron chi connectivity index (χ4n) is 3.37. The van der Waals surface area contributed by atoms with Crippen LogP contribution in [0.5, 0.6) is 0 Å². The van der Waals surface area contributed by atoms with Gasteiger partial charge in [-0.2, -0.15) is 0 Å². The van der Waals surface area contributed by atoms with Crippen LogP contribution in [0.15, 0.2) is 39.5 Å². The molecule has 9 heteroatoms. The molecule has 0 aliphatic heterocycles. The summed E-state index contributed by atoms with van der Waals surface area (Å²) in [6, 6.07) is 8.27. The van der Waals surface area contributed by atoms with Crippen LogP contribution in [-0.4, -0.2) is 41.9 Å². The molecule has 8 nitrogen and oxygen atoms in total. The number of hydrogen-bond donors (Lipinski definition) is 1. The highest BCUT2D eigenvalue weighted by Gasteiger charge is 2.29. The highest BCUT2D eigenvalue weighted by atomic mass is 32.1. The molecule has 2 aromatic heterocycles. The molecule has 0 bridgehead atoms. The highest BCUT2D eigenvalue weighted by molar-refractivity contribution is 7.18. The van der Waals surface area contributed by atoms with Gasteiger partial charge in [0, 0.05) is 18.5 Å². The molecule has 2 heterocycles. The third-order valence-electron chi connectivity index (χ3n) is 5.05. The monoisotopic (exact) mass is 470 g/mol. The maximum Gasteiger partial charge on any atom is 0.349 e. The summed E-state index contributed by atoms with van der Waals surface area (Å²) in [4.78, 5) is 53.2. The lowest BCUT2D eigenvalue weighted by Crippen LogP contribution is -2.30. The first kappa shape index (κ1) is 24.2. The molecule has 0 saturated carbocycles. The van der Waals surface area contributed by atoms with Crippen LogP contribution in [0.1, 0.15) is 63.6 Å². The summed E-state index contributed by atoms with van der Waals surface area (Å²) in [7, 11) is 0. The van der Waals surface area contributed by atoms with E-state index < -0.39 is 23.6 Å². The van der Waals surface area contributed by atoms with E-state index in [4.69, 9.17) is 9.15 Å². The fourth-order valence-corrected chi connectivity index (χ4v) is 4.53. The Morgan fingerprint density at radius 3 is 2.45 bits per heavy atom. The van der Waals surface area contributed by atoms with E-state index in [0.717, 1.165) is 11.3 Å². The Morgan fingerprint density at radius 1 is 1.15 bits per heavy atom. The number of fused-ring (bicyclic) bond motifs is 1. The van der Waals surface area contributed by atoms with Gasteiger partial charge in [-0.25, -0.2) is 9.59 Å². The van der Waals surface area contributed by atoms with Gasteiger partial charge in [0.05, 0.1) is 16.5 Å². The van der Waals surface area contributed by atoms with Gasteiger partial charge in [0.2, 0.25) is 0 Å². The zero-order valence-corrected chi connectivity index (χ0v) is 20.0. The van der Waals surface area contributed by atoms with Gasteiger partial charge in [-0.3, -0.25) is 9.59 Å². The summed E-state index contributed by atoms with van der Waals surface area (Å²) in [5.41, 5.74) is -0.129. The average Bonchev–Trinajstić information content (AvgIpc) is 3.09. The number of rotatable bonds is 7. The Balaban J connectivity index is 2.05. The van der Waals surface area contributed by atoms with Gasteiger partial charge in [0.25, 0.3) is 11.8 Å². The number of para-hydroxylation sites is 1. The summed E-state index contributed by atoms with van der Waals surface area (Å²) in [5.74, 6) is -1.64. The van der Waals surface area contributed by atoms with Crippen LogP contribution in [0, 0.1) is 6.92 Å². The fraction of sp³-hybridized carbons (Fsp3) is 0.333. The minimum absolute atomic E-state index is 0.0998. The second-order valence-electron chi connectivity index (χ2n) is 7.63. The largest absolute Gasteiger partial charge is 0.459 e. The Kier molecular flexibility index (Phi) is 7.33. The van der Waals surface area contributed by atoms with E-state index >= 15 is 0 Å². The molecule has 0 atom stereocenters. The molecule has 2 amide bonds. The summed E-state index contributed by atoms with van der Waals surface area (Å²) < 4.78 is 10.6. The van der Waals surface area contributed by atoms with Gasteiger partial charge in [0.15, 0.2) is 0 Å². The first-order valence-electron chi connectivity index (χ1n) is 10.7. The van der Waals surface area contributed by atoms with Crippen molar-refractivity contribution in [1.82, 2.24) is 4.90 Å². The topological polar surface area (TPSA) is 106 Å². The molecule has 3 aromatic rings. The van der Waals surface area contributed by atoms with Crippen molar-refractivity contribution < 1.29 is 23.5 Å². The molecular weight excluding hydrogens is 444 g/mol. The van der Waals surface area contributed by atoms with Crippen LogP contribution in [0.25, 0.3) is 11.0 Å². The van der Waals surface area contributed by atoms with E-state index in [2.05, 4.69) is 5.32 Å². The van der Waals surface area contributed by atoms with Crippen LogP contribution in [0.4, 0.5) is 5.00 Å². The molecule has 0 fully saturated rings. The third kappa shape index (κ3) is 4.98. The quantitative estimate of drug-likeness (QED) is 0.404. The smallest absolute Gasteiger partial charge is 0.349 e. The first-order chi connectivity index (χ1) is 15.7. The normalized spacial score (nSPS) is 11.0. The number of nitrogens with one attached hydrogen (secondary N) is 1. The Labute approximate surface area is 195 Å². The molecule has 0 unspecified atom stereocenters. The van der Waals surface area contributed by atoms with Crippen molar-refractivity contribution in [3.63, 3.8) is 0 Å². The van der Waals surface area contributed by atoms with E-state index in [0.29, 0.717) is 34.5 Å². The zero-order valence-electron chi connectivity index (χ0n) is 19.2. The van der Waals surface area contributed by atoms with Crippen LogP contribution in [-0.2, 0) is 4.74 Å². The average molecular weight is 471 g/mol. The van der Waals surface area contributed by atoms with Crippen LogP contribution in [0.3, 0.4) is 0 Å². The van der Waals surface area contributed by atoms with Gasteiger partial charge in [-0.15, -0.1) is 11.3 Å². The molecular formula is C24H26N2O6S. The van der Waals surface area contributed by atoms with Crippen molar-refractivity contribution in [1.29, 1.82) is 0 Å². The lowest BCUT2D eigenvalue weighted by atomic mass is 10.1. The predicted molar refractivity (Wildman–Crippen MR) is 127 cm³/mol. The van der Waals surface area contributed by atoms with Crippen molar-refractivity contribution in [2.45, 2.75) is 40.7 Å². The summed E-state index contributed by atoms with van der Waals surface area (Å²) in [6.45, 7) is 9.78. The minimum atomic E-state index is -0.801. The van der Waals surface area contributed by atoms with Crippen molar-refractivity contribution >= 4 is 45.1 Å². The third-order valence-corrected chi connectivity index (χ3v) is 6.25. The van der Waals surface area contributed by atoms with Crippen molar-refractivity contribution in [2.24, 2.45) is 0 Å². The number of nitrogens with zero attached hydrogens (tertiary/aromatic N) is 1. The number of ether oxygens (including phenoxy) is 1. The molecule has 0 spiro atoms. The molecule has 0 aliphatic rings. The number of esters is 1. The summed E-state index contributed by atoms with van der Waals surface area (Å²) >= 11 is 0.985. The van der Waals surface area contributed by atoms with E-state index in [1.165, 1.54) is 6.07 Å². The van der Waals surface area contributed by atoms with Gasteiger partial charge >= 0.3 is 11.6 Å². The highest BCUT2D eigenvalue weighted by Crippen LogP contribution is 2.35. The number of thiophene rings is 1. The van der Waals surface area contributed by atoms with Crippen LogP contribution < -0.4 is 10.9 Å². The number of amides is 2. The second-order valence-corrected chi connectivity index (χ2v) is 8.65. The lowest BCUT2D eigenvalue weighted by molar-refractivity contribution is 0.0379. The van der Waals surface area contributed by atoms with E-state index in [9.17, 15) is 19.2 Å². The molecule has 33 heavy (non-hydrogen) atoms. The standard InChI is InChI=1S/C24H26N2O6S/c1-6-26(7-2)22(28)19-14(5)18(24(30)31-13(3)4)21(33-19)25-20(27)16-12-15-10-8-9-11-17(15)32-23(16)29/h8-13H,6-7H2,1-5H3,(H,25,27). The first-order valence-corrected chi connectivity index (χ1v) is 11.5. The van der Waals surface area contributed by atoms with Crippen molar-refractivity contribution in [2.75, 3.05) is 18.4 Å². The number of carbonyl (C=O) groups is 3. The number of hydrogen-bond acceptors (Lipinski definition) is 7.